The van der Waals surface area contributed by atoms with Gasteiger partial charge in [0.15, 0.2) is 0 Å². The largest absolute Gasteiger partial charge is 0.393 e. The summed E-state index contributed by atoms with van der Waals surface area (Å²) in [6.45, 7) is 13.1. The zero-order chi connectivity index (χ0) is 71.2. The highest BCUT2D eigenvalue weighted by molar-refractivity contribution is 6.21. The minimum absolute atomic E-state index is 0.00386. The molecule has 5 aliphatic rings. The third-order valence-corrected chi connectivity index (χ3v) is 22.1. The molecule has 11 amide bonds. The summed E-state index contributed by atoms with van der Waals surface area (Å²) in [5, 5.41) is 7.26. The Bertz CT molecular complexity index is 2680. The SMILES string of the molecule is CC[C@H](C)[C@@H]1NC(=O)[C@H](C)N(C)C(=O)C[C@@H](C)NC(=O)[C@H](C(C)C)N(C)C(=O)[C@H](CC2CCCCC2)N(C)C(=O)[C@H](CC(C)C)N(C)C(=O)[C@H](CCC2CCC(C(F)(F)F)C(Cl)C2)NC(=O)CN(C)C(=O)[C@H](CC2CCC(Cl)CC2)N(C)C(=O)[C@@H]2CCN2C(=O)CN(C)C1=O. The Balaban J connectivity index is 1.58. The maximum atomic E-state index is 15.5. The van der Waals surface area contributed by atoms with Gasteiger partial charge in [-0.05, 0) is 133 Å². The number of nitrogens with zero attached hydrogens (tertiary/aromatic N) is 8. The van der Waals surface area contributed by atoms with E-state index in [0.29, 0.717) is 32.1 Å². The Morgan fingerprint density at radius 2 is 1.09 bits per heavy atom. The number of hydrogen-bond acceptors (Lipinski definition) is 11. The molecule has 0 aromatic heterocycles. The van der Waals surface area contributed by atoms with Crippen LogP contribution in [0.2, 0.25) is 0 Å². The number of alkyl halides is 5. The predicted octanol–water partition coefficient (Wildman–Crippen LogP) is 6.81. The molecule has 5 fully saturated rings. The summed E-state index contributed by atoms with van der Waals surface area (Å²) in [7, 11) is 10.2. The van der Waals surface area contributed by atoms with Crippen molar-refractivity contribution in [2.24, 2.45) is 41.4 Å². The van der Waals surface area contributed by atoms with Crippen molar-refractivity contribution in [3.05, 3.63) is 0 Å². The van der Waals surface area contributed by atoms with Gasteiger partial charge in [-0.25, -0.2) is 0 Å². The average molecular weight is 1390 g/mol. The fourth-order valence-electron chi connectivity index (χ4n) is 14.6. The maximum Gasteiger partial charge on any atom is 0.393 e. The van der Waals surface area contributed by atoms with Gasteiger partial charge in [-0.15, -0.1) is 23.2 Å². The standard InChI is InChI=1S/C68H112Cl2F3N11O11/c1-16-41(6)58-67(95)78(10)38-57(87)84-31-30-51(84)64(92)81(13)53(36-46-22-26-47(69)27-23-46)63(91)77(9)37-55(85)75-50(29-25-45-24-28-48(49(70)34-45)68(71,72)73)62(90)80(12)52(32-39(2)3)65(93)82(14)54(35-44-20-18-17-19-21-44)66(94)83(15)59(40(4)5)61(89)74-42(7)33-56(86)79(11)43(8)60(88)76-58/h39-54,58-59H,16-38H2,1-15H3,(H,74,89)(H,75,85)(H,76,88)/t41-,42+,43-,45?,46?,47?,48?,49?,50-,51-,52-,53-,54-,58-,59-/m0/s1. The number of carbonyl (C=O) groups is 11. The Kier molecular flexibility index (Phi) is 30.3. The van der Waals surface area contributed by atoms with Gasteiger partial charge < -0.3 is 55.1 Å². The van der Waals surface area contributed by atoms with Crippen LogP contribution in [0.3, 0.4) is 0 Å². The molecule has 2 aliphatic heterocycles. The van der Waals surface area contributed by atoms with Crippen molar-refractivity contribution in [2.45, 2.75) is 255 Å². The van der Waals surface area contributed by atoms with E-state index in [1.807, 2.05) is 20.8 Å². The fraction of sp³-hybridized carbons (Fsp3) is 0.838. The number of halogens is 5. The topological polar surface area (TPSA) is 250 Å². The highest BCUT2D eigenvalue weighted by Crippen LogP contribution is 2.44. The number of rotatable bonds is 12. The second kappa shape index (κ2) is 35.9. The first-order valence-corrected chi connectivity index (χ1v) is 35.6. The predicted molar refractivity (Wildman–Crippen MR) is 357 cm³/mol. The van der Waals surface area contributed by atoms with Crippen molar-refractivity contribution in [3.63, 3.8) is 0 Å². The normalized spacial score (nSPS) is 31.7. The maximum absolute atomic E-state index is 15.5. The van der Waals surface area contributed by atoms with Crippen LogP contribution >= 0.6 is 23.2 Å². The third-order valence-electron chi connectivity index (χ3n) is 21.2. The summed E-state index contributed by atoms with van der Waals surface area (Å²) in [4.78, 5) is 172. The van der Waals surface area contributed by atoms with E-state index in [2.05, 4.69) is 16.0 Å². The van der Waals surface area contributed by atoms with Crippen LogP contribution in [0.4, 0.5) is 13.2 Å². The number of fused-ring (bicyclic) bond motifs is 1. The third kappa shape index (κ3) is 21.5. The number of nitrogens with one attached hydrogen (secondary N) is 3. The first-order chi connectivity index (χ1) is 44.4. The molecule has 0 bridgehead atoms. The molecule has 0 aromatic rings. The molecule has 2 heterocycles. The van der Waals surface area contributed by atoms with Gasteiger partial charge in [-0.1, -0.05) is 80.1 Å². The fourth-order valence-corrected chi connectivity index (χ4v) is 15.3. The van der Waals surface area contributed by atoms with E-state index >= 15 is 14.4 Å². The molecule has 95 heavy (non-hydrogen) atoms. The van der Waals surface area contributed by atoms with Crippen molar-refractivity contribution >= 4 is 88.2 Å². The molecule has 0 aromatic carbocycles. The molecule has 22 nitrogen and oxygen atoms in total. The van der Waals surface area contributed by atoms with Crippen LogP contribution < -0.4 is 16.0 Å². The molecule has 3 aliphatic carbocycles. The van der Waals surface area contributed by atoms with Gasteiger partial charge in [0.1, 0.15) is 48.3 Å². The lowest BCUT2D eigenvalue weighted by Crippen LogP contribution is -2.63. The van der Waals surface area contributed by atoms with Crippen molar-refractivity contribution in [3.8, 4) is 0 Å². The summed E-state index contributed by atoms with van der Waals surface area (Å²) >= 11 is 12.9. The lowest BCUT2D eigenvalue weighted by atomic mass is 9.78. The van der Waals surface area contributed by atoms with Crippen LogP contribution in [-0.2, 0) is 52.7 Å². The van der Waals surface area contributed by atoms with Crippen LogP contribution in [0.1, 0.15) is 184 Å². The molecular weight excluding hydrogens is 1270 g/mol. The van der Waals surface area contributed by atoms with Crippen LogP contribution in [0.25, 0.3) is 0 Å². The van der Waals surface area contributed by atoms with E-state index in [4.69, 9.17) is 23.2 Å². The molecule has 3 unspecified atom stereocenters. The van der Waals surface area contributed by atoms with Crippen molar-refractivity contribution in [2.75, 3.05) is 69.0 Å². The zero-order valence-corrected chi connectivity index (χ0v) is 60.6. The van der Waals surface area contributed by atoms with Crippen molar-refractivity contribution < 1.29 is 65.9 Å². The summed E-state index contributed by atoms with van der Waals surface area (Å²) < 4.78 is 42.1. The lowest BCUT2D eigenvalue weighted by Gasteiger charge is -2.44. The molecular formula is C68H112Cl2F3N11O11. The Hall–Kier alpha value is -5.46. The van der Waals surface area contributed by atoms with Gasteiger partial charge in [-0.2, -0.15) is 13.2 Å². The Labute approximate surface area is 572 Å². The second-order valence-corrected chi connectivity index (χ2v) is 30.4. The van der Waals surface area contributed by atoms with E-state index in [9.17, 15) is 51.5 Å². The molecule has 27 heteroatoms. The molecule has 5 rings (SSSR count). The van der Waals surface area contributed by atoms with Gasteiger partial charge in [0, 0.05) is 79.1 Å². The number of hydrogen-bond donors (Lipinski definition) is 3. The molecule has 3 N–H and O–H groups in total. The summed E-state index contributed by atoms with van der Waals surface area (Å²) in [6, 6.07) is -10.0. The van der Waals surface area contributed by atoms with E-state index in [-0.39, 0.29) is 99.8 Å². The quantitative estimate of drug-likeness (QED) is 0.171. The van der Waals surface area contributed by atoms with E-state index < -0.39 is 162 Å². The first kappa shape index (κ1) is 80.2. The lowest BCUT2D eigenvalue weighted by molar-refractivity contribution is -0.182. The second-order valence-electron chi connectivity index (χ2n) is 29.2. The molecule has 3 saturated carbocycles. The van der Waals surface area contributed by atoms with Gasteiger partial charge in [-0.3, -0.25) is 52.7 Å². The monoisotopic (exact) mass is 1390 g/mol. The van der Waals surface area contributed by atoms with Crippen LogP contribution in [0, 0.1) is 41.4 Å². The van der Waals surface area contributed by atoms with Crippen LogP contribution in [-0.4, -0.2) is 244 Å². The van der Waals surface area contributed by atoms with Crippen LogP contribution in [0.5, 0.6) is 0 Å². The minimum atomic E-state index is -4.51. The van der Waals surface area contributed by atoms with E-state index in [1.54, 1.807) is 27.7 Å². The van der Waals surface area contributed by atoms with Crippen LogP contribution in [0.15, 0.2) is 0 Å². The van der Waals surface area contributed by atoms with E-state index in [0.717, 1.165) is 37.0 Å². The molecule has 0 spiro atoms. The Morgan fingerprint density at radius 3 is 1.64 bits per heavy atom. The van der Waals surface area contributed by atoms with Gasteiger partial charge in [0.2, 0.25) is 65.0 Å². The summed E-state index contributed by atoms with van der Waals surface area (Å²) in [5.74, 6) is -9.86. The molecule has 0 radical (unpaired) electrons. The highest BCUT2D eigenvalue weighted by atomic mass is 35.5. The summed E-state index contributed by atoms with van der Waals surface area (Å²) in [5.41, 5.74) is 0. The smallest absolute Gasteiger partial charge is 0.351 e. The highest BCUT2D eigenvalue weighted by Gasteiger charge is 2.49. The molecule has 540 valence electrons. The van der Waals surface area contributed by atoms with Gasteiger partial charge in [0.25, 0.3) is 0 Å². The Morgan fingerprint density at radius 1 is 0.547 bits per heavy atom. The van der Waals surface area contributed by atoms with Crippen molar-refractivity contribution in [1.82, 2.24) is 55.1 Å². The molecule has 2 saturated heterocycles. The van der Waals surface area contributed by atoms with Gasteiger partial charge >= 0.3 is 6.18 Å². The van der Waals surface area contributed by atoms with Gasteiger partial charge in [0.05, 0.1) is 19.0 Å². The number of carbonyl (C=O) groups excluding carboxylic acids is 11. The zero-order valence-electron chi connectivity index (χ0n) is 59.1. The molecule has 13 atom stereocenters. The average Bonchev–Trinajstić information content (AvgIpc) is 0.805. The van der Waals surface area contributed by atoms with E-state index in [1.165, 1.54) is 90.6 Å². The number of amides is 11. The van der Waals surface area contributed by atoms with Crippen molar-refractivity contribution in [1.29, 1.82) is 0 Å². The first-order valence-electron chi connectivity index (χ1n) is 34.8. The minimum Gasteiger partial charge on any atom is -0.351 e. The summed E-state index contributed by atoms with van der Waals surface area (Å²) in [6.07, 6.45) is 3.56. The number of likely N-dealkylation sites (N-methyl/N-ethyl adjacent to an activating group) is 7.